The van der Waals surface area contributed by atoms with Crippen molar-refractivity contribution in [3.05, 3.63) is 30.0 Å². The standard InChI is InChI=1S/C17H26N2O/c1-3-4-5-6-11-19(2)12-10-14-13-18-15-8-7-9-16(20)17(14)15/h7-9,13,18,20H,3-6,10-12H2,1-2H3. The summed E-state index contributed by atoms with van der Waals surface area (Å²) >= 11 is 0. The average molecular weight is 274 g/mol. The van der Waals surface area contributed by atoms with Crippen LogP contribution in [-0.2, 0) is 6.42 Å². The number of fused-ring (bicyclic) bond motifs is 1. The summed E-state index contributed by atoms with van der Waals surface area (Å²) in [6, 6.07) is 5.64. The van der Waals surface area contributed by atoms with Crippen LogP contribution in [0.5, 0.6) is 5.75 Å². The third kappa shape index (κ3) is 3.76. The van der Waals surface area contributed by atoms with E-state index < -0.39 is 0 Å². The summed E-state index contributed by atoms with van der Waals surface area (Å²) in [6.07, 6.45) is 8.23. The molecule has 1 aromatic carbocycles. The van der Waals surface area contributed by atoms with E-state index in [4.69, 9.17) is 0 Å². The average Bonchev–Trinajstić information content (AvgIpc) is 2.86. The molecule has 0 bridgehead atoms. The van der Waals surface area contributed by atoms with Crippen molar-refractivity contribution in [3.8, 4) is 5.75 Å². The van der Waals surface area contributed by atoms with Gasteiger partial charge in [0, 0.05) is 23.6 Å². The number of H-pyrrole nitrogens is 1. The van der Waals surface area contributed by atoms with Gasteiger partial charge in [-0.25, -0.2) is 0 Å². The number of aromatic amines is 1. The molecule has 0 aliphatic rings. The van der Waals surface area contributed by atoms with Gasteiger partial charge in [-0.2, -0.15) is 0 Å². The van der Waals surface area contributed by atoms with Crippen LogP contribution in [0, 0.1) is 0 Å². The molecule has 0 saturated heterocycles. The van der Waals surface area contributed by atoms with Gasteiger partial charge in [-0.15, -0.1) is 0 Å². The lowest BCUT2D eigenvalue weighted by molar-refractivity contribution is 0.328. The minimum atomic E-state index is 0.379. The zero-order chi connectivity index (χ0) is 14.4. The first kappa shape index (κ1) is 14.9. The summed E-state index contributed by atoms with van der Waals surface area (Å²) in [5.74, 6) is 0.379. The second kappa shape index (κ2) is 7.34. The van der Waals surface area contributed by atoms with E-state index in [0.717, 1.165) is 30.4 Å². The Morgan fingerprint density at radius 2 is 2.00 bits per heavy atom. The molecule has 3 nitrogen and oxygen atoms in total. The van der Waals surface area contributed by atoms with Gasteiger partial charge >= 0.3 is 0 Å². The zero-order valence-electron chi connectivity index (χ0n) is 12.7. The van der Waals surface area contributed by atoms with E-state index in [2.05, 4.69) is 23.9 Å². The van der Waals surface area contributed by atoms with Crippen molar-refractivity contribution in [3.63, 3.8) is 0 Å². The molecule has 2 rings (SSSR count). The summed E-state index contributed by atoms with van der Waals surface area (Å²) in [5.41, 5.74) is 2.23. The number of phenolic OH excluding ortho intramolecular Hbond substituents is 1. The predicted octanol–water partition coefficient (Wildman–Crippen LogP) is 3.93. The van der Waals surface area contributed by atoms with Crippen molar-refractivity contribution < 1.29 is 5.11 Å². The van der Waals surface area contributed by atoms with E-state index in [1.54, 1.807) is 6.07 Å². The smallest absolute Gasteiger partial charge is 0.125 e. The molecule has 2 aromatic rings. The largest absolute Gasteiger partial charge is 0.507 e. The van der Waals surface area contributed by atoms with Crippen LogP contribution in [-0.4, -0.2) is 35.1 Å². The molecule has 3 heteroatoms. The van der Waals surface area contributed by atoms with Crippen molar-refractivity contribution in [2.45, 2.75) is 39.0 Å². The Hall–Kier alpha value is -1.48. The summed E-state index contributed by atoms with van der Waals surface area (Å²) in [5, 5.41) is 11.0. The first-order valence-electron chi connectivity index (χ1n) is 7.69. The van der Waals surface area contributed by atoms with E-state index in [0.29, 0.717) is 5.75 Å². The highest BCUT2D eigenvalue weighted by Gasteiger charge is 2.08. The first-order valence-corrected chi connectivity index (χ1v) is 7.69. The molecule has 0 spiro atoms. The first-order chi connectivity index (χ1) is 9.72. The maximum atomic E-state index is 9.97. The number of benzene rings is 1. The highest BCUT2D eigenvalue weighted by Crippen LogP contribution is 2.27. The Morgan fingerprint density at radius 3 is 2.80 bits per heavy atom. The van der Waals surface area contributed by atoms with Crippen LogP contribution in [0.2, 0.25) is 0 Å². The summed E-state index contributed by atoms with van der Waals surface area (Å²) < 4.78 is 0. The van der Waals surface area contributed by atoms with Crippen LogP contribution in [0.1, 0.15) is 38.2 Å². The van der Waals surface area contributed by atoms with Gasteiger partial charge in [0.1, 0.15) is 5.75 Å². The summed E-state index contributed by atoms with van der Waals surface area (Å²) in [4.78, 5) is 5.62. The lowest BCUT2D eigenvalue weighted by atomic mass is 10.1. The number of hydrogen-bond donors (Lipinski definition) is 2. The molecule has 0 radical (unpaired) electrons. The van der Waals surface area contributed by atoms with Crippen LogP contribution in [0.3, 0.4) is 0 Å². The molecule has 0 saturated carbocycles. The molecule has 0 aliphatic carbocycles. The van der Waals surface area contributed by atoms with Crippen molar-refractivity contribution in [1.82, 2.24) is 9.88 Å². The SMILES string of the molecule is CCCCCCN(C)CCc1c[nH]c2cccc(O)c12. The molecule has 1 heterocycles. The van der Waals surface area contributed by atoms with Crippen LogP contribution in [0.4, 0.5) is 0 Å². The van der Waals surface area contributed by atoms with Crippen molar-refractivity contribution in [1.29, 1.82) is 0 Å². The van der Waals surface area contributed by atoms with Crippen molar-refractivity contribution in [2.24, 2.45) is 0 Å². The normalized spacial score (nSPS) is 11.6. The minimum Gasteiger partial charge on any atom is -0.507 e. The number of aromatic hydroxyl groups is 1. The maximum Gasteiger partial charge on any atom is 0.125 e. The molecule has 2 N–H and O–H groups in total. The Labute approximate surface area is 121 Å². The minimum absolute atomic E-state index is 0.379. The lowest BCUT2D eigenvalue weighted by Crippen LogP contribution is -2.22. The van der Waals surface area contributed by atoms with Gasteiger partial charge in [-0.1, -0.05) is 32.3 Å². The van der Waals surface area contributed by atoms with Crippen LogP contribution < -0.4 is 0 Å². The Kier molecular flexibility index (Phi) is 5.48. The number of rotatable bonds is 8. The molecule has 0 unspecified atom stereocenters. The number of hydrogen-bond acceptors (Lipinski definition) is 2. The fraction of sp³-hybridized carbons (Fsp3) is 0.529. The van der Waals surface area contributed by atoms with Gasteiger partial charge in [0.05, 0.1) is 0 Å². The molecule has 0 fully saturated rings. The highest BCUT2D eigenvalue weighted by atomic mass is 16.3. The monoisotopic (exact) mass is 274 g/mol. The van der Waals surface area contributed by atoms with Gasteiger partial charge in [0.15, 0.2) is 0 Å². The molecular weight excluding hydrogens is 248 g/mol. The van der Waals surface area contributed by atoms with E-state index in [1.807, 2.05) is 18.3 Å². The molecule has 1 aromatic heterocycles. The zero-order valence-corrected chi connectivity index (χ0v) is 12.7. The fourth-order valence-corrected chi connectivity index (χ4v) is 2.66. The van der Waals surface area contributed by atoms with E-state index in [9.17, 15) is 5.11 Å². The molecule has 20 heavy (non-hydrogen) atoms. The molecule has 0 amide bonds. The Morgan fingerprint density at radius 1 is 1.15 bits per heavy atom. The third-order valence-corrected chi connectivity index (χ3v) is 3.92. The van der Waals surface area contributed by atoms with Gasteiger partial charge in [-0.05, 0) is 44.1 Å². The Balaban J connectivity index is 1.86. The van der Waals surface area contributed by atoms with Gasteiger partial charge in [0.2, 0.25) is 0 Å². The topological polar surface area (TPSA) is 39.3 Å². The Bertz CT molecular complexity index is 533. The van der Waals surface area contributed by atoms with Crippen LogP contribution in [0.15, 0.2) is 24.4 Å². The van der Waals surface area contributed by atoms with E-state index in [-0.39, 0.29) is 0 Å². The second-order valence-electron chi connectivity index (χ2n) is 5.63. The fourth-order valence-electron chi connectivity index (χ4n) is 2.66. The summed E-state index contributed by atoms with van der Waals surface area (Å²) in [7, 11) is 2.18. The number of phenols is 1. The lowest BCUT2D eigenvalue weighted by Gasteiger charge is -2.16. The van der Waals surface area contributed by atoms with Crippen LogP contribution >= 0.6 is 0 Å². The molecule has 0 aliphatic heterocycles. The second-order valence-corrected chi connectivity index (χ2v) is 5.63. The van der Waals surface area contributed by atoms with E-state index in [1.165, 1.54) is 31.2 Å². The van der Waals surface area contributed by atoms with Gasteiger partial charge < -0.3 is 15.0 Å². The number of nitrogens with zero attached hydrogens (tertiary/aromatic N) is 1. The molecular formula is C17H26N2O. The quantitative estimate of drug-likeness (QED) is 0.716. The predicted molar refractivity (Wildman–Crippen MR) is 85.3 cm³/mol. The molecule has 110 valence electrons. The number of likely N-dealkylation sites (N-methyl/N-ethyl adjacent to an activating group) is 1. The van der Waals surface area contributed by atoms with Crippen LogP contribution in [0.25, 0.3) is 10.9 Å². The summed E-state index contributed by atoms with van der Waals surface area (Å²) in [6.45, 7) is 4.44. The van der Waals surface area contributed by atoms with Crippen molar-refractivity contribution in [2.75, 3.05) is 20.1 Å². The van der Waals surface area contributed by atoms with Crippen molar-refractivity contribution >= 4 is 10.9 Å². The highest BCUT2D eigenvalue weighted by molar-refractivity contribution is 5.88. The van der Waals surface area contributed by atoms with Gasteiger partial charge in [0.25, 0.3) is 0 Å². The number of aromatic nitrogens is 1. The third-order valence-electron chi connectivity index (χ3n) is 3.92. The van der Waals surface area contributed by atoms with Gasteiger partial charge in [-0.3, -0.25) is 0 Å². The maximum absolute atomic E-state index is 9.97. The number of nitrogens with one attached hydrogen (secondary N) is 1. The number of unbranched alkanes of at least 4 members (excludes halogenated alkanes) is 3. The molecule has 0 atom stereocenters. The van der Waals surface area contributed by atoms with E-state index >= 15 is 0 Å².